The minimum atomic E-state index is -4.26. The molecule has 0 spiro atoms. The van der Waals surface area contributed by atoms with Crippen LogP contribution < -0.4 is 0 Å². The fraction of sp³-hybridized carbons (Fsp3) is 0.500. The Labute approximate surface area is 117 Å². The Morgan fingerprint density at radius 1 is 1.10 bits per heavy atom. The SMILES string of the molecule is C=CCOC1CCC(c2ccc(C(F)(F)F)cc2)CC1. The molecule has 0 amide bonds. The minimum Gasteiger partial charge on any atom is -0.374 e. The Morgan fingerprint density at radius 2 is 1.70 bits per heavy atom. The number of alkyl halides is 3. The zero-order chi connectivity index (χ0) is 14.6. The summed E-state index contributed by atoms with van der Waals surface area (Å²) in [6.07, 6.45) is 1.59. The number of hydrogen-bond donors (Lipinski definition) is 0. The van der Waals surface area contributed by atoms with E-state index in [0.717, 1.165) is 31.2 Å². The van der Waals surface area contributed by atoms with E-state index in [2.05, 4.69) is 6.58 Å². The summed E-state index contributed by atoms with van der Waals surface area (Å²) < 4.78 is 43.1. The summed E-state index contributed by atoms with van der Waals surface area (Å²) in [7, 11) is 0. The molecule has 2 rings (SSSR count). The average molecular weight is 284 g/mol. The van der Waals surface area contributed by atoms with E-state index in [-0.39, 0.29) is 6.10 Å². The summed E-state index contributed by atoms with van der Waals surface area (Å²) in [6, 6.07) is 5.57. The van der Waals surface area contributed by atoms with E-state index in [0.29, 0.717) is 12.5 Å². The van der Waals surface area contributed by atoms with Gasteiger partial charge in [-0.3, -0.25) is 0 Å². The highest BCUT2D eigenvalue weighted by atomic mass is 19.4. The molecular formula is C16H19F3O. The molecule has 1 nitrogen and oxygen atoms in total. The Morgan fingerprint density at radius 3 is 2.20 bits per heavy atom. The molecule has 4 heteroatoms. The fourth-order valence-electron chi connectivity index (χ4n) is 2.71. The second kappa shape index (κ2) is 6.44. The maximum absolute atomic E-state index is 12.5. The van der Waals surface area contributed by atoms with Crippen molar-refractivity contribution < 1.29 is 17.9 Å². The highest BCUT2D eigenvalue weighted by Gasteiger charge is 2.30. The van der Waals surface area contributed by atoms with Gasteiger partial charge in [0.25, 0.3) is 0 Å². The molecule has 20 heavy (non-hydrogen) atoms. The lowest BCUT2D eigenvalue weighted by Crippen LogP contribution is -2.21. The van der Waals surface area contributed by atoms with Gasteiger partial charge in [-0.1, -0.05) is 18.2 Å². The van der Waals surface area contributed by atoms with Crippen molar-refractivity contribution in [3.63, 3.8) is 0 Å². The number of benzene rings is 1. The smallest absolute Gasteiger partial charge is 0.374 e. The van der Waals surface area contributed by atoms with Crippen LogP contribution in [0.25, 0.3) is 0 Å². The maximum Gasteiger partial charge on any atom is 0.416 e. The Bertz CT molecular complexity index is 428. The van der Waals surface area contributed by atoms with Crippen molar-refractivity contribution in [3.05, 3.63) is 48.0 Å². The van der Waals surface area contributed by atoms with Crippen LogP contribution in [0.1, 0.15) is 42.7 Å². The molecule has 1 fully saturated rings. The highest BCUT2D eigenvalue weighted by molar-refractivity contribution is 5.27. The molecule has 1 aliphatic rings. The van der Waals surface area contributed by atoms with Gasteiger partial charge in [0, 0.05) is 0 Å². The standard InChI is InChI=1S/C16H19F3O/c1-2-11-20-15-9-5-13(6-10-15)12-3-7-14(8-4-12)16(17,18)19/h2-4,7-8,13,15H,1,5-6,9-11H2. The van der Waals surface area contributed by atoms with E-state index in [9.17, 15) is 13.2 Å². The number of halogens is 3. The zero-order valence-electron chi connectivity index (χ0n) is 11.3. The monoisotopic (exact) mass is 284 g/mol. The molecule has 0 unspecified atom stereocenters. The summed E-state index contributed by atoms with van der Waals surface area (Å²) in [5.74, 6) is 0.348. The van der Waals surface area contributed by atoms with Crippen molar-refractivity contribution in [1.29, 1.82) is 0 Å². The molecule has 1 aromatic rings. The third-order valence-corrected chi connectivity index (χ3v) is 3.83. The van der Waals surface area contributed by atoms with Crippen molar-refractivity contribution in [2.75, 3.05) is 6.61 Å². The van der Waals surface area contributed by atoms with Gasteiger partial charge < -0.3 is 4.74 Å². The third kappa shape index (κ3) is 3.85. The first-order valence-electron chi connectivity index (χ1n) is 6.90. The van der Waals surface area contributed by atoms with Crippen molar-refractivity contribution in [2.45, 2.75) is 43.9 Å². The van der Waals surface area contributed by atoms with Crippen molar-refractivity contribution in [1.82, 2.24) is 0 Å². The van der Waals surface area contributed by atoms with Crippen LogP contribution in [0.2, 0.25) is 0 Å². The van der Waals surface area contributed by atoms with Crippen molar-refractivity contribution in [2.24, 2.45) is 0 Å². The van der Waals surface area contributed by atoms with Crippen LogP contribution in [-0.4, -0.2) is 12.7 Å². The molecule has 0 heterocycles. The molecule has 110 valence electrons. The highest BCUT2D eigenvalue weighted by Crippen LogP contribution is 2.36. The molecule has 0 saturated heterocycles. The van der Waals surface area contributed by atoms with Gasteiger partial charge in [-0.05, 0) is 49.3 Å². The summed E-state index contributed by atoms with van der Waals surface area (Å²) in [5, 5.41) is 0. The first kappa shape index (κ1) is 15.1. The minimum absolute atomic E-state index is 0.263. The van der Waals surface area contributed by atoms with Crippen LogP contribution in [0.4, 0.5) is 13.2 Å². The lowest BCUT2D eigenvalue weighted by atomic mass is 9.82. The van der Waals surface area contributed by atoms with Crippen LogP contribution in [0, 0.1) is 0 Å². The van der Waals surface area contributed by atoms with Crippen LogP contribution in [0.15, 0.2) is 36.9 Å². The van der Waals surface area contributed by atoms with E-state index < -0.39 is 11.7 Å². The van der Waals surface area contributed by atoms with Gasteiger partial charge in [-0.15, -0.1) is 6.58 Å². The van der Waals surface area contributed by atoms with Gasteiger partial charge in [0.15, 0.2) is 0 Å². The molecule has 0 radical (unpaired) electrons. The quantitative estimate of drug-likeness (QED) is 0.712. The molecule has 0 aromatic heterocycles. The van der Waals surface area contributed by atoms with Crippen LogP contribution in [-0.2, 0) is 10.9 Å². The normalized spacial score (nSPS) is 23.6. The largest absolute Gasteiger partial charge is 0.416 e. The average Bonchev–Trinajstić information content (AvgIpc) is 2.45. The van der Waals surface area contributed by atoms with Crippen LogP contribution in [0.3, 0.4) is 0 Å². The predicted octanol–water partition coefficient (Wildman–Crippen LogP) is 4.93. The van der Waals surface area contributed by atoms with E-state index >= 15 is 0 Å². The molecule has 0 atom stereocenters. The molecule has 0 aliphatic heterocycles. The predicted molar refractivity (Wildman–Crippen MR) is 72.6 cm³/mol. The summed E-state index contributed by atoms with van der Waals surface area (Å²) in [6.45, 7) is 4.18. The van der Waals surface area contributed by atoms with E-state index in [1.165, 1.54) is 12.1 Å². The van der Waals surface area contributed by atoms with Gasteiger partial charge in [-0.25, -0.2) is 0 Å². The summed E-state index contributed by atoms with van der Waals surface area (Å²) in [5.41, 5.74) is 0.421. The summed E-state index contributed by atoms with van der Waals surface area (Å²) in [4.78, 5) is 0. The third-order valence-electron chi connectivity index (χ3n) is 3.83. The molecule has 1 aliphatic carbocycles. The Balaban J connectivity index is 1.92. The van der Waals surface area contributed by atoms with Gasteiger partial charge in [0.05, 0.1) is 18.3 Å². The zero-order valence-corrected chi connectivity index (χ0v) is 11.3. The first-order chi connectivity index (χ1) is 9.50. The van der Waals surface area contributed by atoms with Gasteiger partial charge >= 0.3 is 6.18 Å². The molecule has 0 N–H and O–H groups in total. The molecular weight excluding hydrogens is 265 g/mol. The Kier molecular flexibility index (Phi) is 4.86. The van der Waals surface area contributed by atoms with E-state index in [1.54, 1.807) is 18.2 Å². The maximum atomic E-state index is 12.5. The number of rotatable bonds is 4. The van der Waals surface area contributed by atoms with Crippen LogP contribution in [0.5, 0.6) is 0 Å². The molecule has 0 bridgehead atoms. The second-order valence-corrected chi connectivity index (χ2v) is 5.22. The molecule has 1 saturated carbocycles. The van der Waals surface area contributed by atoms with E-state index in [1.807, 2.05) is 0 Å². The topological polar surface area (TPSA) is 9.23 Å². The fourth-order valence-corrected chi connectivity index (χ4v) is 2.71. The summed E-state index contributed by atoms with van der Waals surface area (Å²) >= 11 is 0. The van der Waals surface area contributed by atoms with Crippen molar-refractivity contribution in [3.8, 4) is 0 Å². The van der Waals surface area contributed by atoms with Crippen LogP contribution >= 0.6 is 0 Å². The second-order valence-electron chi connectivity index (χ2n) is 5.22. The van der Waals surface area contributed by atoms with Crippen molar-refractivity contribution >= 4 is 0 Å². The van der Waals surface area contributed by atoms with Gasteiger partial charge in [0.2, 0.25) is 0 Å². The van der Waals surface area contributed by atoms with Gasteiger partial charge in [-0.2, -0.15) is 13.2 Å². The lowest BCUT2D eigenvalue weighted by Gasteiger charge is -2.28. The first-order valence-corrected chi connectivity index (χ1v) is 6.90. The van der Waals surface area contributed by atoms with E-state index in [4.69, 9.17) is 4.74 Å². The number of hydrogen-bond acceptors (Lipinski definition) is 1. The lowest BCUT2D eigenvalue weighted by molar-refractivity contribution is -0.137. The molecule has 1 aromatic carbocycles. The Hall–Kier alpha value is -1.29. The van der Waals surface area contributed by atoms with Gasteiger partial charge in [0.1, 0.15) is 0 Å². The number of ether oxygens (including phenoxy) is 1.